The van der Waals surface area contributed by atoms with Crippen LogP contribution in [0.15, 0.2) is 6.20 Å². The predicted molar refractivity (Wildman–Crippen MR) is 63.7 cm³/mol. The number of halogens is 1. The summed E-state index contributed by atoms with van der Waals surface area (Å²) >= 11 is 6.31. The Morgan fingerprint density at radius 2 is 2.25 bits per heavy atom. The van der Waals surface area contributed by atoms with E-state index >= 15 is 0 Å². The first-order chi connectivity index (χ1) is 7.83. The van der Waals surface area contributed by atoms with Crippen LogP contribution < -0.4 is 5.73 Å². The molecule has 90 valence electrons. The molecule has 0 radical (unpaired) electrons. The van der Waals surface area contributed by atoms with Gasteiger partial charge in [-0.1, -0.05) is 11.6 Å². The number of hydrogen-bond donors (Lipinski definition) is 1. The summed E-state index contributed by atoms with van der Waals surface area (Å²) in [5, 5.41) is 5.16. The normalized spacial score (nSPS) is 17.9. The van der Waals surface area contributed by atoms with Crippen LogP contribution in [0.4, 0.5) is 0 Å². The van der Waals surface area contributed by atoms with Crippen molar-refractivity contribution in [3.05, 3.63) is 16.9 Å². The summed E-state index contributed by atoms with van der Waals surface area (Å²) in [5.41, 5.74) is 6.60. The third-order valence-electron chi connectivity index (χ3n) is 2.99. The fourth-order valence-electron chi connectivity index (χ4n) is 2.03. The van der Waals surface area contributed by atoms with Crippen molar-refractivity contribution >= 4 is 11.6 Å². The van der Waals surface area contributed by atoms with E-state index in [1.165, 1.54) is 0 Å². The van der Waals surface area contributed by atoms with Gasteiger partial charge < -0.3 is 10.5 Å². The molecule has 1 aromatic heterocycles. The summed E-state index contributed by atoms with van der Waals surface area (Å²) in [6.07, 6.45) is 5.74. The third-order valence-corrected chi connectivity index (χ3v) is 3.41. The Bertz CT molecular complexity index is 334. The maximum atomic E-state index is 6.31. The van der Waals surface area contributed by atoms with Crippen LogP contribution in [-0.4, -0.2) is 29.5 Å². The predicted octanol–water partition coefficient (Wildman–Crippen LogP) is 1.78. The van der Waals surface area contributed by atoms with Crippen molar-refractivity contribution in [1.29, 1.82) is 0 Å². The van der Waals surface area contributed by atoms with Crippen molar-refractivity contribution in [2.45, 2.75) is 31.7 Å². The third kappa shape index (κ3) is 2.56. The quantitative estimate of drug-likeness (QED) is 0.877. The van der Waals surface area contributed by atoms with E-state index < -0.39 is 0 Å². The second-order valence-corrected chi connectivity index (χ2v) is 4.50. The number of aryl methyl sites for hydroxylation is 1. The molecule has 4 nitrogen and oxygen atoms in total. The van der Waals surface area contributed by atoms with Crippen molar-refractivity contribution in [2.24, 2.45) is 5.73 Å². The maximum absolute atomic E-state index is 6.31. The minimum Gasteiger partial charge on any atom is -0.381 e. The molecule has 1 aliphatic heterocycles. The zero-order valence-corrected chi connectivity index (χ0v) is 10.1. The lowest BCUT2D eigenvalue weighted by atomic mass is 10.1. The summed E-state index contributed by atoms with van der Waals surface area (Å²) in [6.45, 7) is 2.30. The average Bonchev–Trinajstić information content (AvgIpc) is 2.69. The molecule has 0 unspecified atom stereocenters. The Hall–Kier alpha value is -0.580. The molecule has 16 heavy (non-hydrogen) atoms. The average molecular weight is 244 g/mol. The number of rotatable bonds is 4. The van der Waals surface area contributed by atoms with Gasteiger partial charge in [0.1, 0.15) is 5.15 Å². The van der Waals surface area contributed by atoms with E-state index in [1.807, 2.05) is 10.9 Å². The van der Waals surface area contributed by atoms with Crippen molar-refractivity contribution in [3.8, 4) is 0 Å². The van der Waals surface area contributed by atoms with Crippen LogP contribution >= 0.6 is 11.6 Å². The van der Waals surface area contributed by atoms with Gasteiger partial charge in [0.25, 0.3) is 0 Å². The Kier molecular flexibility index (Phi) is 4.21. The van der Waals surface area contributed by atoms with Gasteiger partial charge in [0.15, 0.2) is 0 Å². The molecule has 0 saturated carbocycles. The Morgan fingerprint density at radius 3 is 2.94 bits per heavy atom. The molecule has 1 aliphatic rings. The minimum atomic E-state index is 0.396. The van der Waals surface area contributed by atoms with Crippen LogP contribution in [0.1, 0.15) is 30.9 Å². The molecule has 0 aliphatic carbocycles. The number of ether oxygens (including phenoxy) is 1. The summed E-state index contributed by atoms with van der Waals surface area (Å²) in [6, 6.07) is 0.396. The summed E-state index contributed by atoms with van der Waals surface area (Å²) in [5.74, 6) is 0. The van der Waals surface area contributed by atoms with E-state index in [4.69, 9.17) is 22.1 Å². The van der Waals surface area contributed by atoms with E-state index in [0.717, 1.165) is 49.6 Å². The highest BCUT2D eigenvalue weighted by molar-refractivity contribution is 6.30. The zero-order chi connectivity index (χ0) is 11.4. The molecular weight excluding hydrogens is 226 g/mol. The molecule has 2 heterocycles. The number of nitrogens with zero attached hydrogens (tertiary/aromatic N) is 2. The molecule has 0 atom stereocenters. The molecule has 2 rings (SSSR count). The van der Waals surface area contributed by atoms with Gasteiger partial charge in [-0.15, -0.1) is 0 Å². The van der Waals surface area contributed by atoms with Crippen LogP contribution in [0.2, 0.25) is 5.15 Å². The lowest BCUT2D eigenvalue weighted by molar-refractivity contribution is 0.0663. The van der Waals surface area contributed by atoms with E-state index in [9.17, 15) is 0 Å². The molecule has 0 amide bonds. The lowest BCUT2D eigenvalue weighted by Gasteiger charge is -2.23. The first-order valence-corrected chi connectivity index (χ1v) is 6.20. The highest BCUT2D eigenvalue weighted by Crippen LogP contribution is 2.26. The van der Waals surface area contributed by atoms with Gasteiger partial charge in [-0.3, -0.25) is 4.68 Å². The van der Waals surface area contributed by atoms with Gasteiger partial charge in [-0.25, -0.2) is 0 Å². The molecule has 0 aromatic carbocycles. The van der Waals surface area contributed by atoms with Gasteiger partial charge in [0.05, 0.1) is 12.2 Å². The maximum Gasteiger partial charge on any atom is 0.130 e. The summed E-state index contributed by atoms with van der Waals surface area (Å²) in [4.78, 5) is 0. The second-order valence-electron chi connectivity index (χ2n) is 4.14. The van der Waals surface area contributed by atoms with Crippen molar-refractivity contribution in [2.75, 3.05) is 19.8 Å². The summed E-state index contributed by atoms with van der Waals surface area (Å²) in [7, 11) is 0. The molecule has 1 saturated heterocycles. The van der Waals surface area contributed by atoms with E-state index in [-0.39, 0.29) is 0 Å². The number of nitrogens with two attached hydrogens (primary N) is 1. The van der Waals surface area contributed by atoms with Gasteiger partial charge in [-0.05, 0) is 32.2 Å². The standard InChI is InChI=1S/C11H18ClN3O/c12-11-9(2-1-5-13)8-14-15(11)10-3-6-16-7-4-10/h8,10H,1-7,13H2. The molecule has 1 aromatic rings. The molecular formula is C11H18ClN3O. The first kappa shape index (κ1) is 11.9. The van der Waals surface area contributed by atoms with Crippen molar-refractivity contribution in [3.63, 3.8) is 0 Å². The Morgan fingerprint density at radius 1 is 1.50 bits per heavy atom. The van der Waals surface area contributed by atoms with Crippen molar-refractivity contribution in [1.82, 2.24) is 9.78 Å². The van der Waals surface area contributed by atoms with Crippen LogP contribution in [0, 0.1) is 0 Å². The number of hydrogen-bond acceptors (Lipinski definition) is 3. The minimum absolute atomic E-state index is 0.396. The summed E-state index contributed by atoms with van der Waals surface area (Å²) < 4.78 is 7.27. The Labute approximate surface area is 101 Å². The highest BCUT2D eigenvalue weighted by Gasteiger charge is 2.19. The lowest BCUT2D eigenvalue weighted by Crippen LogP contribution is -2.20. The first-order valence-electron chi connectivity index (χ1n) is 5.82. The fraction of sp³-hybridized carbons (Fsp3) is 0.727. The SMILES string of the molecule is NCCCc1cnn(C2CCOCC2)c1Cl. The van der Waals surface area contributed by atoms with Crippen LogP contribution in [-0.2, 0) is 11.2 Å². The van der Waals surface area contributed by atoms with Gasteiger partial charge >= 0.3 is 0 Å². The van der Waals surface area contributed by atoms with Crippen molar-refractivity contribution < 1.29 is 4.74 Å². The fourth-order valence-corrected chi connectivity index (χ4v) is 2.35. The number of aromatic nitrogens is 2. The smallest absolute Gasteiger partial charge is 0.130 e. The zero-order valence-electron chi connectivity index (χ0n) is 9.36. The van der Waals surface area contributed by atoms with Gasteiger partial charge in [-0.2, -0.15) is 5.10 Å². The largest absolute Gasteiger partial charge is 0.381 e. The topological polar surface area (TPSA) is 53.1 Å². The molecule has 0 bridgehead atoms. The molecule has 0 spiro atoms. The molecule has 1 fully saturated rings. The van der Waals surface area contributed by atoms with E-state index in [2.05, 4.69) is 5.10 Å². The molecule has 2 N–H and O–H groups in total. The van der Waals surface area contributed by atoms with E-state index in [0.29, 0.717) is 12.6 Å². The Balaban J connectivity index is 2.06. The van der Waals surface area contributed by atoms with Crippen LogP contribution in [0.3, 0.4) is 0 Å². The molecule has 5 heteroatoms. The highest BCUT2D eigenvalue weighted by atomic mass is 35.5. The van der Waals surface area contributed by atoms with Crippen LogP contribution in [0.25, 0.3) is 0 Å². The van der Waals surface area contributed by atoms with Gasteiger partial charge in [0, 0.05) is 18.8 Å². The van der Waals surface area contributed by atoms with E-state index in [1.54, 1.807) is 0 Å². The van der Waals surface area contributed by atoms with Crippen LogP contribution in [0.5, 0.6) is 0 Å². The van der Waals surface area contributed by atoms with Gasteiger partial charge in [0.2, 0.25) is 0 Å². The monoisotopic (exact) mass is 243 g/mol. The second kappa shape index (κ2) is 5.66.